The Labute approximate surface area is 110 Å². The third-order valence-corrected chi connectivity index (χ3v) is 4.47. The van der Waals surface area contributed by atoms with Gasteiger partial charge in [0.2, 0.25) is 0 Å². The summed E-state index contributed by atoms with van der Waals surface area (Å²) in [5, 5.41) is 21.2. The van der Waals surface area contributed by atoms with Crippen molar-refractivity contribution in [3.8, 4) is 0 Å². The van der Waals surface area contributed by atoms with Gasteiger partial charge < -0.3 is 5.32 Å². The zero-order valence-corrected chi connectivity index (χ0v) is 11.2. The van der Waals surface area contributed by atoms with E-state index >= 15 is 0 Å². The molecule has 1 aromatic heterocycles. The lowest BCUT2D eigenvalue weighted by Gasteiger charge is -2.20. The van der Waals surface area contributed by atoms with Gasteiger partial charge in [0.25, 0.3) is 0 Å². The summed E-state index contributed by atoms with van der Waals surface area (Å²) in [7, 11) is 0. The van der Waals surface area contributed by atoms with Crippen LogP contribution in [0.15, 0.2) is 0 Å². The summed E-state index contributed by atoms with van der Waals surface area (Å²) >= 11 is 1.70. The van der Waals surface area contributed by atoms with Crippen molar-refractivity contribution in [1.82, 2.24) is 15.7 Å². The molecule has 0 amide bonds. The molecule has 1 aliphatic heterocycles. The fourth-order valence-electron chi connectivity index (χ4n) is 2.14. The topological polar surface area (TPSA) is 77.9 Å². The van der Waals surface area contributed by atoms with Gasteiger partial charge in [0.15, 0.2) is 0 Å². The quantitative estimate of drug-likeness (QED) is 0.705. The van der Waals surface area contributed by atoms with E-state index < -0.39 is 0 Å². The predicted molar refractivity (Wildman–Crippen MR) is 66.8 cm³/mol. The molecule has 7 heteroatoms. The molecular weight excluding hydrogens is 254 g/mol. The number of thiazole rings is 1. The monoisotopic (exact) mass is 273 g/mol. The van der Waals surface area contributed by atoms with Crippen LogP contribution in [0, 0.1) is 6.92 Å². The van der Waals surface area contributed by atoms with Crippen LogP contribution in [0.25, 0.3) is 0 Å². The van der Waals surface area contributed by atoms with Gasteiger partial charge in [-0.3, -0.25) is 15.3 Å². The van der Waals surface area contributed by atoms with Crippen molar-refractivity contribution in [2.24, 2.45) is 0 Å². The van der Waals surface area contributed by atoms with Gasteiger partial charge >= 0.3 is 0 Å². The smallest absolute Gasteiger partial charge is 0.0974 e. The van der Waals surface area contributed by atoms with Crippen molar-refractivity contribution in [1.29, 1.82) is 0 Å². The fourth-order valence-corrected chi connectivity index (χ4v) is 3.32. The number of nitrogens with one attached hydrogen (secondary N) is 1. The van der Waals surface area contributed by atoms with E-state index in [1.54, 1.807) is 11.3 Å². The lowest BCUT2D eigenvalue weighted by atomic mass is 10.0. The molecule has 6 nitrogen and oxygen atoms in total. The normalized spacial score (nSPS) is 20.6. The zero-order chi connectivity index (χ0) is 13.0. The van der Waals surface area contributed by atoms with E-state index in [-0.39, 0.29) is 12.0 Å². The summed E-state index contributed by atoms with van der Waals surface area (Å²) < 4.78 is 0. The largest absolute Gasteiger partial charge is 0.316 e. The number of aryl methyl sites for hydroxylation is 1. The molecule has 2 heterocycles. The molecule has 0 aliphatic carbocycles. The Balaban J connectivity index is 1.93. The number of rotatable bonds is 5. The average Bonchev–Trinajstić information content (AvgIpc) is 2.72. The Hall–Kier alpha value is -0.570. The van der Waals surface area contributed by atoms with Crippen LogP contribution in [0.4, 0.5) is 0 Å². The number of hydrogen-bond donors (Lipinski definition) is 3. The first-order valence-electron chi connectivity index (χ1n) is 6.14. The van der Waals surface area contributed by atoms with Crippen LogP contribution in [0.5, 0.6) is 0 Å². The average molecular weight is 273 g/mol. The molecule has 1 aliphatic rings. The second-order valence-corrected chi connectivity index (χ2v) is 5.56. The Kier molecular flexibility index (Phi) is 5.04. The van der Waals surface area contributed by atoms with Gasteiger partial charge in [0, 0.05) is 23.8 Å². The highest BCUT2D eigenvalue weighted by molar-refractivity contribution is 7.11. The minimum Gasteiger partial charge on any atom is -0.316 e. The summed E-state index contributed by atoms with van der Waals surface area (Å²) in [5.74, 6) is 0.518. The number of nitrogens with zero attached hydrogens (tertiary/aromatic N) is 2. The molecule has 102 valence electrons. The standard InChI is InChI=1S/C11H19N3O3S/c1-8-10(4-6-17-14(15)16)18-11(13-8)9-3-2-5-12-7-9/h9,12,15-16H,2-7H2,1H3. The van der Waals surface area contributed by atoms with E-state index in [1.165, 1.54) is 17.8 Å². The maximum Gasteiger partial charge on any atom is 0.0974 e. The van der Waals surface area contributed by atoms with Crippen LogP contribution in [-0.4, -0.2) is 40.5 Å². The summed E-state index contributed by atoms with van der Waals surface area (Å²) in [6.45, 7) is 4.33. The zero-order valence-electron chi connectivity index (χ0n) is 10.4. The van der Waals surface area contributed by atoms with Gasteiger partial charge in [-0.2, -0.15) is 0 Å². The van der Waals surface area contributed by atoms with E-state index in [0.717, 1.165) is 23.7 Å². The first-order chi connectivity index (χ1) is 8.66. The molecular formula is C11H19N3O3S. The summed E-state index contributed by atoms with van der Waals surface area (Å²) in [6, 6.07) is 0. The Morgan fingerprint density at radius 3 is 3.06 bits per heavy atom. The first kappa shape index (κ1) is 13.9. The van der Waals surface area contributed by atoms with Crippen LogP contribution in [0.3, 0.4) is 0 Å². The molecule has 0 aromatic carbocycles. The van der Waals surface area contributed by atoms with E-state index in [4.69, 9.17) is 10.4 Å². The molecule has 1 unspecified atom stereocenters. The highest BCUT2D eigenvalue weighted by Gasteiger charge is 2.19. The Morgan fingerprint density at radius 1 is 1.56 bits per heavy atom. The van der Waals surface area contributed by atoms with Crippen molar-refractivity contribution in [3.05, 3.63) is 15.6 Å². The summed E-state index contributed by atoms with van der Waals surface area (Å²) in [6.07, 6.45) is 3.03. The van der Waals surface area contributed by atoms with Gasteiger partial charge in [0.05, 0.1) is 22.7 Å². The van der Waals surface area contributed by atoms with Crippen molar-refractivity contribution in [2.45, 2.75) is 32.1 Å². The van der Waals surface area contributed by atoms with Gasteiger partial charge in [-0.05, 0) is 26.3 Å². The maximum absolute atomic E-state index is 8.45. The molecule has 1 fully saturated rings. The molecule has 0 radical (unpaired) electrons. The van der Waals surface area contributed by atoms with Gasteiger partial charge in [-0.25, -0.2) is 4.98 Å². The van der Waals surface area contributed by atoms with Gasteiger partial charge in [0.1, 0.15) is 0 Å². The molecule has 2 rings (SSSR count). The van der Waals surface area contributed by atoms with Crippen molar-refractivity contribution >= 4 is 11.3 Å². The number of aromatic nitrogens is 1. The molecule has 0 saturated carbocycles. The fraction of sp³-hybridized carbons (Fsp3) is 0.727. The third-order valence-electron chi connectivity index (χ3n) is 3.09. The van der Waals surface area contributed by atoms with E-state index in [0.29, 0.717) is 12.3 Å². The molecule has 1 aromatic rings. The second kappa shape index (κ2) is 6.55. The van der Waals surface area contributed by atoms with Crippen LogP contribution in [-0.2, 0) is 11.3 Å². The molecule has 3 N–H and O–H groups in total. The van der Waals surface area contributed by atoms with Crippen molar-refractivity contribution < 1.29 is 15.3 Å². The minimum atomic E-state index is -0.248. The highest BCUT2D eigenvalue weighted by atomic mass is 32.1. The number of piperidine rings is 1. The van der Waals surface area contributed by atoms with Crippen LogP contribution >= 0.6 is 11.3 Å². The van der Waals surface area contributed by atoms with E-state index in [1.807, 2.05) is 6.92 Å². The Bertz CT molecular complexity index is 378. The van der Waals surface area contributed by atoms with Gasteiger partial charge in [-0.15, -0.1) is 11.3 Å². The van der Waals surface area contributed by atoms with E-state index in [9.17, 15) is 0 Å². The summed E-state index contributed by atoms with van der Waals surface area (Å²) in [4.78, 5) is 10.3. The van der Waals surface area contributed by atoms with Crippen LogP contribution < -0.4 is 5.32 Å². The SMILES string of the molecule is Cc1nc(C2CCCNC2)sc1CCON(O)O. The number of hydrogen-bond acceptors (Lipinski definition) is 7. The highest BCUT2D eigenvalue weighted by Crippen LogP contribution is 2.29. The van der Waals surface area contributed by atoms with Crippen LogP contribution in [0.1, 0.15) is 34.3 Å². The minimum absolute atomic E-state index is 0.235. The molecule has 1 saturated heterocycles. The van der Waals surface area contributed by atoms with Crippen molar-refractivity contribution in [3.63, 3.8) is 0 Å². The first-order valence-corrected chi connectivity index (χ1v) is 6.96. The molecule has 1 atom stereocenters. The molecule has 0 spiro atoms. The van der Waals surface area contributed by atoms with Crippen LogP contribution in [0.2, 0.25) is 0 Å². The predicted octanol–water partition coefficient (Wildman–Crippen LogP) is 1.47. The second-order valence-electron chi connectivity index (χ2n) is 4.44. The lowest BCUT2D eigenvalue weighted by molar-refractivity contribution is -0.492. The van der Waals surface area contributed by atoms with Crippen molar-refractivity contribution in [2.75, 3.05) is 19.7 Å². The molecule has 18 heavy (non-hydrogen) atoms. The third kappa shape index (κ3) is 3.71. The van der Waals surface area contributed by atoms with E-state index in [2.05, 4.69) is 15.1 Å². The summed E-state index contributed by atoms with van der Waals surface area (Å²) in [5.41, 5.74) is 1.02. The lowest BCUT2D eigenvalue weighted by Crippen LogP contribution is -2.28. The van der Waals surface area contributed by atoms with Gasteiger partial charge in [-0.1, -0.05) is 0 Å². The molecule has 0 bridgehead atoms. The maximum atomic E-state index is 8.45. The Morgan fingerprint density at radius 2 is 2.39 bits per heavy atom.